The topological polar surface area (TPSA) is 246 Å². The Hall–Kier alpha value is -6.88. The van der Waals surface area contributed by atoms with Crippen LogP contribution in [0.15, 0.2) is 49.6 Å². The van der Waals surface area contributed by atoms with Crippen LogP contribution < -0.4 is 0 Å². The van der Waals surface area contributed by atoms with Gasteiger partial charge >= 0.3 is 0 Å². The molecule has 0 aliphatic carbocycles. The van der Waals surface area contributed by atoms with Gasteiger partial charge in [0.2, 0.25) is 0 Å². The van der Waals surface area contributed by atoms with Gasteiger partial charge in [0.05, 0.1) is 95.1 Å². The van der Waals surface area contributed by atoms with Crippen LogP contribution in [0.2, 0.25) is 0 Å². The van der Waals surface area contributed by atoms with Crippen molar-refractivity contribution in [3.8, 4) is 0 Å². The van der Waals surface area contributed by atoms with Gasteiger partial charge in [0.1, 0.15) is 0 Å². The fourth-order valence-corrected chi connectivity index (χ4v) is 15.6. The molecule has 8 heterocycles. The average Bonchev–Trinajstić information content (AvgIpc) is 1.79. The highest BCUT2D eigenvalue weighted by Crippen LogP contribution is 2.21. The molecule has 0 unspecified atom stereocenters. The van der Waals surface area contributed by atoms with Crippen LogP contribution in [0.1, 0.15) is 532 Å². The first-order valence-corrected chi connectivity index (χ1v) is 55.7. The Kier molecular flexibility index (Phi) is 101. The Bertz CT molecular complexity index is 3480. The maximum Gasteiger partial charge on any atom is 0.0725 e. The summed E-state index contributed by atoms with van der Waals surface area (Å²) >= 11 is 0. The first kappa shape index (κ1) is 152. The lowest BCUT2D eigenvalue weighted by molar-refractivity contribution is 0.453. The van der Waals surface area contributed by atoms with Crippen molar-refractivity contribution >= 4 is 0 Å². The molecular weight excluding hydrogens is 1780 g/mol. The number of unbranched alkanes of at least 4 members (excludes halogenated alkanes) is 8. The van der Waals surface area contributed by atoms with E-state index in [2.05, 4.69) is 342 Å². The maximum absolute atomic E-state index is 4.18. The number of aromatic nitrogens is 24. The largest absolute Gasteiger partial charge is 0.249 e. The van der Waals surface area contributed by atoms with Crippen LogP contribution in [-0.4, -0.2) is 120 Å². The monoisotopic (exact) mass is 2030 g/mol. The van der Waals surface area contributed by atoms with E-state index in [4.69, 9.17) is 0 Å². The van der Waals surface area contributed by atoms with E-state index in [1.54, 1.807) is 0 Å². The molecule has 848 valence electrons. The summed E-state index contributed by atoms with van der Waals surface area (Å²) in [5.74, 6) is 12.3. The third kappa shape index (κ3) is 85.0. The SMILES string of the molecule is C.C.C.C.C.C.C.C.CC(C)CCCCCc1cnnn1CC(C)C.CC(C)CCCCCc1cnnn1CC(C)C.CC(C)CCCCc1cnnn1CCC(C)C.CC(C)CCCCc1cnnn1CCC(C)C.CC(C)CCCCn1nncc1CCC(C)C.CC(C)CCCCn1nncc1CCC(C)C.CC(C)CCCc1cnnn1CCCC(C)C.CC(C)CCCc1cnnn1CCCC(C)C. The Morgan fingerprint density at radius 3 is 0.507 bits per heavy atom. The maximum atomic E-state index is 4.18. The van der Waals surface area contributed by atoms with E-state index in [1.807, 2.05) is 49.6 Å². The van der Waals surface area contributed by atoms with Gasteiger partial charge in [-0.05, 0) is 249 Å². The second-order valence-corrected chi connectivity index (χ2v) is 46.2. The van der Waals surface area contributed by atoms with Crippen molar-refractivity contribution in [3.05, 3.63) is 95.1 Å². The molecule has 144 heavy (non-hydrogen) atoms. The summed E-state index contributed by atoms with van der Waals surface area (Å²) in [7, 11) is 0. The minimum Gasteiger partial charge on any atom is -0.249 e. The Morgan fingerprint density at radius 2 is 0.292 bits per heavy atom. The van der Waals surface area contributed by atoms with E-state index in [1.165, 1.54) is 251 Å². The molecule has 0 spiro atoms. The first-order valence-electron chi connectivity index (χ1n) is 55.7. The molecule has 8 rings (SSSR count). The molecule has 0 N–H and O–H groups in total. The van der Waals surface area contributed by atoms with Crippen molar-refractivity contribution in [3.63, 3.8) is 0 Å². The number of rotatable bonds is 64. The number of aryl methyl sites for hydroxylation is 14. The molecule has 0 fully saturated rings. The first-order chi connectivity index (χ1) is 64.7. The smallest absolute Gasteiger partial charge is 0.0725 e. The highest BCUT2D eigenvalue weighted by Gasteiger charge is 2.15. The molecule has 24 nitrogen and oxygen atoms in total. The van der Waals surface area contributed by atoms with Crippen LogP contribution in [0.5, 0.6) is 0 Å². The van der Waals surface area contributed by atoms with Crippen LogP contribution in [0.3, 0.4) is 0 Å². The molecule has 0 aromatic carbocycles. The third-order valence-corrected chi connectivity index (χ3v) is 24.3. The van der Waals surface area contributed by atoms with E-state index >= 15 is 0 Å². The average molecular weight is 2030 g/mol. The number of hydrogen-bond acceptors (Lipinski definition) is 16. The van der Waals surface area contributed by atoms with Crippen LogP contribution in [0, 0.1) is 94.7 Å². The predicted octanol–water partition coefficient (Wildman–Crippen LogP) is 34.6. The minimum absolute atomic E-state index is 0. The normalized spacial score (nSPS) is 11.0. The highest BCUT2D eigenvalue weighted by atomic mass is 15.5. The summed E-state index contributed by atoms with van der Waals surface area (Å²) in [6.07, 6.45) is 65.2. The Morgan fingerprint density at radius 1 is 0.139 bits per heavy atom. The van der Waals surface area contributed by atoms with Gasteiger partial charge in [-0.3, -0.25) is 0 Å². The van der Waals surface area contributed by atoms with Gasteiger partial charge in [-0.2, -0.15) is 0 Å². The Labute approximate surface area is 894 Å². The van der Waals surface area contributed by atoms with E-state index < -0.39 is 0 Å². The number of nitrogens with zero attached hydrogens (tertiary/aromatic N) is 24. The summed E-state index contributed by atoms with van der Waals surface area (Å²) in [4.78, 5) is 0. The zero-order valence-corrected chi connectivity index (χ0v) is 94.5. The molecule has 0 saturated heterocycles. The third-order valence-electron chi connectivity index (χ3n) is 24.3. The molecule has 0 saturated carbocycles. The molecule has 0 aliphatic rings. The second kappa shape index (κ2) is 95.7. The molecule has 0 radical (unpaired) electrons. The highest BCUT2D eigenvalue weighted by molar-refractivity contribution is 5.00. The quantitative estimate of drug-likeness (QED) is 0.0322. The van der Waals surface area contributed by atoms with Crippen molar-refractivity contribution in [1.82, 2.24) is 120 Å². The van der Waals surface area contributed by atoms with Gasteiger partial charge in [0, 0.05) is 52.4 Å². The standard InChI is InChI=1S/8C14H27N3.8CH4/c2*1-12(2)7-5-9-14-11-15-16-17(14)10-6-8-13(3)4;2*1-12(2)7-5-6-10-17-14(11-15-16-17)9-8-13(3)4;2*1-12(2)7-5-6-8-14-11-15-16-17(14)10-9-13(3)4;2*1-12(2)8-6-5-7-9-14-10-15-16-17(14)11-13(3)4;;;;;;;;/h6*11-13H,5-10H2,1-4H3;2*10,12-13H,5-9,11H2,1-4H3;8*1H4. The van der Waals surface area contributed by atoms with E-state index in [0.717, 1.165) is 187 Å². The summed E-state index contributed by atoms with van der Waals surface area (Å²) in [5, 5.41) is 65.5. The van der Waals surface area contributed by atoms with E-state index in [0.29, 0.717) is 11.8 Å². The molecule has 0 amide bonds. The van der Waals surface area contributed by atoms with Crippen molar-refractivity contribution in [2.75, 3.05) is 0 Å². The van der Waals surface area contributed by atoms with Crippen molar-refractivity contribution < 1.29 is 0 Å². The molecule has 0 bridgehead atoms. The van der Waals surface area contributed by atoms with Crippen LogP contribution in [0.25, 0.3) is 0 Å². The lowest BCUT2D eigenvalue weighted by Crippen LogP contribution is -2.09. The summed E-state index contributed by atoms with van der Waals surface area (Å²) in [6.45, 7) is 80.6. The van der Waals surface area contributed by atoms with Gasteiger partial charge in [0.25, 0.3) is 0 Å². The molecule has 8 aromatic rings. The van der Waals surface area contributed by atoms with Gasteiger partial charge < -0.3 is 0 Å². The minimum atomic E-state index is 0. The molecule has 8 aromatic heterocycles. The summed E-state index contributed by atoms with van der Waals surface area (Å²) in [5.41, 5.74) is 10.4. The van der Waals surface area contributed by atoms with E-state index in [-0.39, 0.29) is 59.4 Å². The van der Waals surface area contributed by atoms with Crippen LogP contribution in [0.4, 0.5) is 0 Å². The summed E-state index contributed by atoms with van der Waals surface area (Å²) in [6, 6.07) is 0. The van der Waals surface area contributed by atoms with Gasteiger partial charge in [-0.1, -0.05) is 425 Å². The molecule has 0 atom stereocenters. The van der Waals surface area contributed by atoms with Crippen molar-refractivity contribution in [2.45, 2.75) is 590 Å². The second-order valence-electron chi connectivity index (χ2n) is 46.2. The fraction of sp³-hybridized carbons (Fsp3) is 0.867. The molecule has 24 heteroatoms. The van der Waals surface area contributed by atoms with Gasteiger partial charge in [0.15, 0.2) is 0 Å². The van der Waals surface area contributed by atoms with Crippen molar-refractivity contribution in [1.29, 1.82) is 0 Å². The zero-order chi connectivity index (χ0) is 101. The van der Waals surface area contributed by atoms with Crippen LogP contribution in [-0.2, 0) is 104 Å². The summed E-state index contributed by atoms with van der Waals surface area (Å²) < 4.78 is 16.6. The van der Waals surface area contributed by atoms with Gasteiger partial charge in [-0.15, -0.1) is 40.8 Å². The molecular formula is C120H248N24. The van der Waals surface area contributed by atoms with Crippen molar-refractivity contribution in [2.24, 2.45) is 94.7 Å². The zero-order valence-electron chi connectivity index (χ0n) is 94.5. The fourth-order valence-electron chi connectivity index (χ4n) is 15.6. The number of hydrogen-bond donors (Lipinski definition) is 0. The van der Waals surface area contributed by atoms with E-state index in [9.17, 15) is 0 Å². The van der Waals surface area contributed by atoms with Gasteiger partial charge in [-0.25, -0.2) is 37.5 Å². The molecule has 0 aliphatic heterocycles. The predicted molar refractivity (Wildman–Crippen MR) is 629 cm³/mol. The lowest BCUT2D eigenvalue weighted by Gasteiger charge is -2.08. The van der Waals surface area contributed by atoms with Crippen LogP contribution >= 0.6 is 0 Å². The lowest BCUT2D eigenvalue weighted by atomic mass is 10.0. The Balaban J connectivity index is -0.000000243.